The number of rotatable bonds is 2. The first-order valence-corrected chi connectivity index (χ1v) is 7.55. The molecule has 0 aromatic carbocycles. The first kappa shape index (κ1) is 13.2. The molecule has 0 spiro atoms. The Hall–Kier alpha value is -1.19. The van der Waals surface area contributed by atoms with Crippen LogP contribution in [0.2, 0.25) is 0 Å². The summed E-state index contributed by atoms with van der Waals surface area (Å²) in [5.41, 5.74) is 5.88. The van der Waals surface area contributed by atoms with Crippen LogP contribution in [0.25, 0.3) is 0 Å². The van der Waals surface area contributed by atoms with Crippen molar-refractivity contribution < 1.29 is 13.2 Å². The van der Waals surface area contributed by atoms with Gasteiger partial charge in [-0.15, -0.1) is 0 Å². The summed E-state index contributed by atoms with van der Waals surface area (Å²) < 4.78 is 26.0. The van der Waals surface area contributed by atoms with Crippen LogP contribution >= 0.6 is 11.3 Å². The smallest absolute Gasteiger partial charge is 0.255 e. The molecule has 2 heterocycles. The minimum Gasteiger partial charge on any atom is -0.375 e. The number of carbonyl (C=O) groups is 1. The Balaban J connectivity index is 2.32. The van der Waals surface area contributed by atoms with Crippen molar-refractivity contribution in [3.8, 4) is 0 Å². The maximum Gasteiger partial charge on any atom is 0.255 e. The first-order chi connectivity index (χ1) is 8.32. The third kappa shape index (κ3) is 2.20. The van der Waals surface area contributed by atoms with Crippen molar-refractivity contribution >= 4 is 32.4 Å². The van der Waals surface area contributed by atoms with Gasteiger partial charge in [0.05, 0.1) is 12.2 Å². The molecule has 1 aromatic rings. The van der Waals surface area contributed by atoms with Gasteiger partial charge in [-0.25, -0.2) is 13.4 Å². The molecule has 0 aliphatic carbocycles. The molecule has 0 unspecified atom stereocenters. The van der Waals surface area contributed by atoms with Crippen LogP contribution in [0.5, 0.6) is 0 Å². The van der Waals surface area contributed by atoms with Crippen LogP contribution < -0.4 is 5.73 Å². The van der Waals surface area contributed by atoms with Crippen molar-refractivity contribution in [1.29, 1.82) is 0 Å². The van der Waals surface area contributed by atoms with E-state index in [4.69, 9.17) is 5.73 Å². The zero-order valence-electron chi connectivity index (χ0n) is 10.1. The van der Waals surface area contributed by atoms with Crippen LogP contribution in [0.4, 0.5) is 5.13 Å². The lowest BCUT2D eigenvalue weighted by Crippen LogP contribution is -2.50. The standard InChI is InChI=1S/C9H14N4O3S2/c1-6-8(17-9(10)11-6)18(15,16)13-4-3-12(2)7(14)5-13/h3-5H2,1-2H3,(H2,10,11). The number of hydrogen-bond acceptors (Lipinski definition) is 6. The van der Waals surface area contributed by atoms with Gasteiger partial charge in [-0.3, -0.25) is 4.79 Å². The lowest BCUT2D eigenvalue weighted by molar-refractivity contribution is -0.132. The average Bonchev–Trinajstić information content (AvgIpc) is 2.62. The van der Waals surface area contributed by atoms with Gasteiger partial charge in [0.2, 0.25) is 5.91 Å². The second-order valence-electron chi connectivity index (χ2n) is 4.08. The Morgan fingerprint density at radius 3 is 2.56 bits per heavy atom. The van der Waals surface area contributed by atoms with Gasteiger partial charge in [0.25, 0.3) is 10.0 Å². The van der Waals surface area contributed by atoms with E-state index in [0.717, 1.165) is 11.3 Å². The summed E-state index contributed by atoms with van der Waals surface area (Å²) in [6.07, 6.45) is 0. The molecule has 1 amide bonds. The summed E-state index contributed by atoms with van der Waals surface area (Å²) in [4.78, 5) is 17.0. The number of nitrogen functional groups attached to an aromatic ring is 1. The number of likely N-dealkylation sites (N-methyl/N-ethyl adjacent to an activating group) is 1. The molecule has 1 aromatic heterocycles. The maximum atomic E-state index is 12.3. The minimum atomic E-state index is -3.67. The predicted molar refractivity (Wildman–Crippen MR) is 67.7 cm³/mol. The van der Waals surface area contributed by atoms with Crippen molar-refractivity contribution in [2.24, 2.45) is 0 Å². The van der Waals surface area contributed by atoms with Crippen LogP contribution in [0.1, 0.15) is 5.69 Å². The van der Waals surface area contributed by atoms with Crippen LogP contribution in [0.15, 0.2) is 4.21 Å². The van der Waals surface area contributed by atoms with Crippen molar-refractivity contribution in [2.75, 3.05) is 32.4 Å². The van der Waals surface area contributed by atoms with E-state index < -0.39 is 10.0 Å². The molecule has 9 heteroatoms. The van der Waals surface area contributed by atoms with E-state index in [-0.39, 0.29) is 21.8 Å². The number of carbonyl (C=O) groups excluding carboxylic acids is 1. The summed E-state index contributed by atoms with van der Waals surface area (Å²) in [5.74, 6) is -0.208. The zero-order chi connectivity index (χ0) is 13.5. The zero-order valence-corrected chi connectivity index (χ0v) is 11.7. The van der Waals surface area contributed by atoms with Crippen molar-refractivity contribution in [3.05, 3.63) is 5.69 Å². The third-order valence-electron chi connectivity index (χ3n) is 2.77. The van der Waals surface area contributed by atoms with E-state index in [1.165, 1.54) is 9.21 Å². The van der Waals surface area contributed by atoms with Crippen LogP contribution in [-0.4, -0.2) is 55.2 Å². The molecular weight excluding hydrogens is 276 g/mol. The molecule has 1 fully saturated rings. The molecule has 2 N–H and O–H groups in total. The number of hydrogen-bond donors (Lipinski definition) is 1. The number of aryl methyl sites for hydroxylation is 1. The molecular formula is C9H14N4O3S2. The molecule has 1 saturated heterocycles. The normalized spacial score (nSPS) is 18.3. The summed E-state index contributed by atoms with van der Waals surface area (Å²) in [6.45, 7) is 2.15. The van der Waals surface area contributed by atoms with E-state index in [9.17, 15) is 13.2 Å². The molecule has 1 aliphatic heterocycles. The second-order valence-corrected chi connectivity index (χ2v) is 7.24. The highest BCUT2D eigenvalue weighted by atomic mass is 32.2. The van der Waals surface area contributed by atoms with E-state index in [0.29, 0.717) is 18.8 Å². The number of thiazole rings is 1. The van der Waals surface area contributed by atoms with Crippen LogP contribution in [0.3, 0.4) is 0 Å². The lowest BCUT2D eigenvalue weighted by atomic mass is 10.4. The number of nitrogens with zero attached hydrogens (tertiary/aromatic N) is 3. The van der Waals surface area contributed by atoms with Gasteiger partial charge in [-0.05, 0) is 6.92 Å². The largest absolute Gasteiger partial charge is 0.375 e. The van der Waals surface area contributed by atoms with Gasteiger partial charge in [0.1, 0.15) is 0 Å². The Bertz CT molecular complexity index is 581. The lowest BCUT2D eigenvalue weighted by Gasteiger charge is -2.30. The average molecular weight is 290 g/mol. The highest BCUT2D eigenvalue weighted by molar-refractivity contribution is 7.91. The maximum absolute atomic E-state index is 12.3. The summed E-state index contributed by atoms with van der Waals surface area (Å²) in [7, 11) is -2.01. The third-order valence-corrected chi connectivity index (χ3v) is 6.19. The van der Waals surface area contributed by atoms with E-state index in [1.54, 1.807) is 14.0 Å². The molecule has 0 radical (unpaired) electrons. The molecule has 7 nitrogen and oxygen atoms in total. The summed E-state index contributed by atoms with van der Waals surface area (Å²) in [6, 6.07) is 0. The first-order valence-electron chi connectivity index (χ1n) is 5.29. The fraction of sp³-hybridized carbons (Fsp3) is 0.556. The molecule has 0 bridgehead atoms. The quantitative estimate of drug-likeness (QED) is 0.792. The minimum absolute atomic E-state index is 0.123. The predicted octanol–water partition coefficient (Wildman–Crippen LogP) is -0.504. The number of anilines is 1. The highest BCUT2D eigenvalue weighted by Gasteiger charge is 2.33. The SMILES string of the molecule is Cc1nc(N)sc1S(=O)(=O)N1CCN(C)C(=O)C1. The summed E-state index contributed by atoms with van der Waals surface area (Å²) in [5, 5.41) is 0.214. The molecule has 2 rings (SSSR count). The van der Waals surface area contributed by atoms with Gasteiger partial charge >= 0.3 is 0 Å². The van der Waals surface area contributed by atoms with E-state index in [2.05, 4.69) is 4.98 Å². The van der Waals surface area contributed by atoms with Gasteiger partial charge in [0, 0.05) is 20.1 Å². The number of nitrogens with two attached hydrogens (primary N) is 1. The van der Waals surface area contributed by atoms with Crippen LogP contribution in [0, 0.1) is 6.92 Å². The van der Waals surface area contributed by atoms with E-state index in [1.807, 2.05) is 0 Å². The number of sulfonamides is 1. The molecule has 1 aliphatic rings. The Kier molecular flexibility index (Phi) is 3.30. The van der Waals surface area contributed by atoms with Gasteiger partial charge in [-0.1, -0.05) is 11.3 Å². The summed E-state index contributed by atoms with van der Waals surface area (Å²) >= 11 is 0.929. The molecule has 0 atom stereocenters. The second kappa shape index (κ2) is 4.48. The monoisotopic (exact) mass is 290 g/mol. The van der Waals surface area contributed by atoms with Crippen molar-refractivity contribution in [1.82, 2.24) is 14.2 Å². The fourth-order valence-electron chi connectivity index (χ4n) is 1.70. The van der Waals surface area contributed by atoms with Gasteiger partial charge in [0.15, 0.2) is 9.34 Å². The van der Waals surface area contributed by atoms with Crippen molar-refractivity contribution in [2.45, 2.75) is 11.1 Å². The molecule has 100 valence electrons. The fourth-order valence-corrected chi connectivity index (χ4v) is 4.52. The topological polar surface area (TPSA) is 96.6 Å². The highest BCUT2D eigenvalue weighted by Crippen LogP contribution is 2.28. The number of amides is 1. The number of aromatic nitrogens is 1. The van der Waals surface area contributed by atoms with Gasteiger partial charge in [-0.2, -0.15) is 4.31 Å². The van der Waals surface area contributed by atoms with E-state index >= 15 is 0 Å². The molecule has 0 saturated carbocycles. The Labute approximate surface area is 109 Å². The Morgan fingerprint density at radius 2 is 2.06 bits per heavy atom. The van der Waals surface area contributed by atoms with Crippen molar-refractivity contribution in [3.63, 3.8) is 0 Å². The number of piperazine rings is 1. The molecule has 18 heavy (non-hydrogen) atoms. The van der Waals surface area contributed by atoms with Gasteiger partial charge < -0.3 is 10.6 Å². The van der Waals surface area contributed by atoms with Crippen LogP contribution in [-0.2, 0) is 14.8 Å². The Morgan fingerprint density at radius 1 is 1.39 bits per heavy atom.